The minimum absolute atomic E-state index is 0.0262. The normalized spacial score (nSPS) is 20.1. The molecule has 1 saturated carbocycles. The van der Waals surface area contributed by atoms with Crippen molar-refractivity contribution in [2.45, 2.75) is 38.6 Å². The molecule has 1 aromatic rings. The zero-order valence-electron chi connectivity index (χ0n) is 11.7. The standard InChI is InChI=1S/C14H22ClNO2S2/c1-11(9-15)10-20(17,18)16-14(12-5-2-3-6-12)13-7-4-8-19-13/h4,7-8,11-12,14,16H,2-3,5-6,9-10H2,1H3. The largest absolute Gasteiger partial charge is 0.212 e. The molecule has 0 aliphatic heterocycles. The minimum Gasteiger partial charge on any atom is -0.212 e. The lowest BCUT2D eigenvalue weighted by Gasteiger charge is -2.24. The number of hydrogen-bond donors (Lipinski definition) is 1. The molecule has 0 spiro atoms. The second-order valence-electron chi connectivity index (χ2n) is 5.70. The molecule has 1 N–H and O–H groups in total. The summed E-state index contributed by atoms with van der Waals surface area (Å²) in [6, 6.07) is 3.95. The third kappa shape index (κ3) is 4.45. The first-order chi connectivity index (χ1) is 9.52. The van der Waals surface area contributed by atoms with Crippen LogP contribution in [0.4, 0.5) is 0 Å². The Kier molecular flexibility index (Phi) is 5.90. The van der Waals surface area contributed by atoms with Crippen LogP contribution in [0.2, 0.25) is 0 Å². The number of alkyl halides is 1. The third-order valence-corrected chi connectivity index (χ3v) is 6.90. The van der Waals surface area contributed by atoms with Crippen LogP contribution >= 0.6 is 22.9 Å². The highest BCUT2D eigenvalue weighted by molar-refractivity contribution is 7.89. The van der Waals surface area contributed by atoms with Gasteiger partial charge in [-0.15, -0.1) is 22.9 Å². The highest BCUT2D eigenvalue weighted by atomic mass is 35.5. The van der Waals surface area contributed by atoms with Crippen LogP contribution in [0.15, 0.2) is 17.5 Å². The van der Waals surface area contributed by atoms with Gasteiger partial charge < -0.3 is 0 Å². The summed E-state index contributed by atoms with van der Waals surface area (Å²) in [7, 11) is -3.28. The molecule has 0 radical (unpaired) electrons. The van der Waals surface area contributed by atoms with Gasteiger partial charge in [0.2, 0.25) is 10.0 Å². The van der Waals surface area contributed by atoms with E-state index in [2.05, 4.69) is 4.72 Å². The molecule has 0 bridgehead atoms. The summed E-state index contributed by atoms with van der Waals surface area (Å²) in [5.74, 6) is 0.871. The van der Waals surface area contributed by atoms with Crippen molar-refractivity contribution in [1.29, 1.82) is 0 Å². The van der Waals surface area contributed by atoms with Crippen LogP contribution in [-0.4, -0.2) is 20.1 Å². The maximum absolute atomic E-state index is 12.3. The smallest absolute Gasteiger partial charge is 0.212 e. The molecule has 1 heterocycles. The van der Waals surface area contributed by atoms with Crippen LogP contribution in [0.1, 0.15) is 43.5 Å². The molecule has 2 unspecified atom stereocenters. The van der Waals surface area contributed by atoms with Gasteiger partial charge in [-0.3, -0.25) is 0 Å². The van der Waals surface area contributed by atoms with E-state index in [1.54, 1.807) is 11.3 Å². The highest BCUT2D eigenvalue weighted by Crippen LogP contribution is 2.37. The van der Waals surface area contributed by atoms with E-state index in [-0.39, 0.29) is 17.7 Å². The molecule has 0 amide bonds. The van der Waals surface area contributed by atoms with Crippen molar-refractivity contribution in [2.24, 2.45) is 11.8 Å². The molecule has 20 heavy (non-hydrogen) atoms. The zero-order chi connectivity index (χ0) is 14.6. The van der Waals surface area contributed by atoms with Gasteiger partial charge in [-0.05, 0) is 36.1 Å². The van der Waals surface area contributed by atoms with E-state index in [9.17, 15) is 8.42 Å². The fourth-order valence-electron chi connectivity index (χ4n) is 2.81. The van der Waals surface area contributed by atoms with E-state index in [0.29, 0.717) is 11.8 Å². The average Bonchev–Trinajstić information content (AvgIpc) is 3.08. The highest BCUT2D eigenvalue weighted by Gasteiger charge is 2.30. The maximum atomic E-state index is 12.3. The Hall–Kier alpha value is -0.100. The van der Waals surface area contributed by atoms with Gasteiger partial charge in [-0.25, -0.2) is 13.1 Å². The van der Waals surface area contributed by atoms with Gasteiger partial charge in [0, 0.05) is 10.8 Å². The second kappa shape index (κ2) is 7.25. The number of halogens is 1. The predicted molar refractivity (Wildman–Crippen MR) is 85.8 cm³/mol. The Morgan fingerprint density at radius 1 is 1.45 bits per heavy atom. The van der Waals surface area contributed by atoms with E-state index in [4.69, 9.17) is 11.6 Å². The second-order valence-corrected chi connectivity index (χ2v) is 8.78. The van der Waals surface area contributed by atoms with E-state index >= 15 is 0 Å². The van der Waals surface area contributed by atoms with E-state index in [1.807, 2.05) is 24.4 Å². The van der Waals surface area contributed by atoms with E-state index in [0.717, 1.165) is 17.7 Å². The van der Waals surface area contributed by atoms with Crippen molar-refractivity contribution < 1.29 is 8.42 Å². The van der Waals surface area contributed by atoms with Crippen molar-refractivity contribution in [3.05, 3.63) is 22.4 Å². The fourth-order valence-corrected chi connectivity index (χ4v) is 5.66. The Morgan fingerprint density at radius 3 is 2.70 bits per heavy atom. The third-order valence-electron chi connectivity index (χ3n) is 3.79. The number of hydrogen-bond acceptors (Lipinski definition) is 3. The lowest BCUT2D eigenvalue weighted by molar-refractivity contribution is 0.414. The average molecular weight is 336 g/mol. The minimum atomic E-state index is -3.28. The van der Waals surface area contributed by atoms with Gasteiger partial charge in [0.15, 0.2) is 0 Å². The van der Waals surface area contributed by atoms with E-state index < -0.39 is 10.0 Å². The number of rotatable bonds is 7. The molecule has 1 aliphatic rings. The Bertz CT molecular complexity index is 495. The Balaban J connectivity index is 2.11. The van der Waals surface area contributed by atoms with Crippen LogP contribution < -0.4 is 4.72 Å². The summed E-state index contributed by atoms with van der Waals surface area (Å²) in [5, 5.41) is 2.01. The molecular formula is C14H22ClNO2S2. The number of sulfonamides is 1. The van der Waals surface area contributed by atoms with Crippen LogP contribution in [-0.2, 0) is 10.0 Å². The van der Waals surface area contributed by atoms with Crippen molar-refractivity contribution in [2.75, 3.05) is 11.6 Å². The Labute approximate surface area is 130 Å². The molecule has 1 aromatic heterocycles. The molecule has 1 fully saturated rings. The van der Waals surface area contributed by atoms with Gasteiger partial charge in [0.05, 0.1) is 11.8 Å². The fraction of sp³-hybridized carbons (Fsp3) is 0.714. The summed E-state index contributed by atoms with van der Waals surface area (Å²) in [6.45, 7) is 1.86. The van der Waals surface area contributed by atoms with Crippen LogP contribution in [0.5, 0.6) is 0 Å². The van der Waals surface area contributed by atoms with Crippen LogP contribution in [0.3, 0.4) is 0 Å². The molecule has 2 rings (SSSR count). The molecular weight excluding hydrogens is 314 g/mol. The topological polar surface area (TPSA) is 46.2 Å². The van der Waals surface area contributed by atoms with Gasteiger partial charge in [-0.2, -0.15) is 0 Å². The van der Waals surface area contributed by atoms with Gasteiger partial charge in [-0.1, -0.05) is 25.8 Å². The first-order valence-corrected chi connectivity index (χ1v) is 10.2. The summed E-state index contributed by atoms with van der Waals surface area (Å²) >= 11 is 7.36. The summed E-state index contributed by atoms with van der Waals surface area (Å²) in [6.07, 6.45) is 4.62. The summed E-state index contributed by atoms with van der Waals surface area (Å²) in [4.78, 5) is 1.12. The SMILES string of the molecule is CC(CCl)CS(=O)(=O)NC(c1cccs1)C1CCCC1. The summed E-state index contributed by atoms with van der Waals surface area (Å²) < 4.78 is 27.5. The molecule has 3 nitrogen and oxygen atoms in total. The lowest BCUT2D eigenvalue weighted by Crippen LogP contribution is -2.35. The quantitative estimate of drug-likeness (QED) is 0.771. The van der Waals surface area contributed by atoms with Gasteiger partial charge >= 0.3 is 0 Å². The van der Waals surface area contributed by atoms with Crippen molar-refractivity contribution in [3.63, 3.8) is 0 Å². The summed E-state index contributed by atoms with van der Waals surface area (Å²) in [5.41, 5.74) is 0. The molecule has 2 atom stereocenters. The molecule has 114 valence electrons. The van der Waals surface area contributed by atoms with Crippen LogP contribution in [0, 0.1) is 11.8 Å². The van der Waals surface area contributed by atoms with Crippen molar-refractivity contribution in [3.8, 4) is 0 Å². The zero-order valence-corrected chi connectivity index (χ0v) is 14.1. The lowest BCUT2D eigenvalue weighted by atomic mass is 9.98. The number of nitrogens with one attached hydrogen (secondary N) is 1. The molecule has 0 saturated heterocycles. The van der Waals surface area contributed by atoms with Crippen LogP contribution in [0.25, 0.3) is 0 Å². The van der Waals surface area contributed by atoms with Crippen molar-refractivity contribution in [1.82, 2.24) is 4.72 Å². The Morgan fingerprint density at radius 2 is 2.15 bits per heavy atom. The molecule has 0 aromatic carbocycles. The van der Waals surface area contributed by atoms with E-state index in [1.165, 1.54) is 12.8 Å². The first-order valence-electron chi connectivity index (χ1n) is 7.11. The predicted octanol–water partition coefficient (Wildman–Crippen LogP) is 3.77. The number of thiophene rings is 1. The maximum Gasteiger partial charge on any atom is 0.212 e. The van der Waals surface area contributed by atoms with Gasteiger partial charge in [0.25, 0.3) is 0 Å². The molecule has 6 heteroatoms. The molecule has 1 aliphatic carbocycles. The van der Waals surface area contributed by atoms with Gasteiger partial charge in [0.1, 0.15) is 0 Å². The first kappa shape index (κ1) is 16.3. The monoisotopic (exact) mass is 335 g/mol. The van der Waals surface area contributed by atoms with Crippen molar-refractivity contribution >= 4 is 33.0 Å².